The number of piperidine rings is 1. The minimum absolute atomic E-state index is 0.233. The van der Waals surface area contributed by atoms with Crippen LogP contribution in [0.25, 0.3) is 0 Å². The summed E-state index contributed by atoms with van der Waals surface area (Å²) in [5.74, 6) is 2.35. The van der Waals surface area contributed by atoms with Gasteiger partial charge < -0.3 is 9.47 Å². The Morgan fingerprint density at radius 3 is 2.54 bits per heavy atom. The number of hydrogen-bond acceptors (Lipinski definition) is 4. The van der Waals surface area contributed by atoms with E-state index >= 15 is 0 Å². The molecule has 138 valence electrons. The number of rotatable bonds is 6. The van der Waals surface area contributed by atoms with Crippen LogP contribution in [0.3, 0.4) is 0 Å². The van der Waals surface area contributed by atoms with Crippen LogP contribution in [0.5, 0.6) is 0 Å². The first kappa shape index (κ1) is 17.6. The van der Waals surface area contributed by atoms with Gasteiger partial charge in [-0.1, -0.05) is 42.1 Å². The van der Waals surface area contributed by atoms with Crippen molar-refractivity contribution in [3.8, 4) is 0 Å². The molecular formula is C20H26N4OS. The average molecular weight is 371 g/mol. The van der Waals surface area contributed by atoms with Crippen molar-refractivity contribution in [3.05, 3.63) is 41.7 Å². The zero-order valence-electron chi connectivity index (χ0n) is 15.3. The van der Waals surface area contributed by atoms with Crippen LogP contribution in [0.15, 0.2) is 35.5 Å². The maximum absolute atomic E-state index is 12.6. The molecule has 5 nitrogen and oxygen atoms in total. The lowest BCUT2D eigenvalue weighted by atomic mass is 9.90. The van der Waals surface area contributed by atoms with Gasteiger partial charge in [-0.2, -0.15) is 0 Å². The fraction of sp³-hybridized carbons (Fsp3) is 0.550. The van der Waals surface area contributed by atoms with Gasteiger partial charge in [0.05, 0.1) is 5.75 Å². The minimum Gasteiger partial charge on any atom is -0.342 e. The molecule has 2 aliphatic rings. The maximum atomic E-state index is 12.6. The van der Waals surface area contributed by atoms with E-state index in [1.807, 2.05) is 11.8 Å². The molecule has 2 heterocycles. The highest BCUT2D eigenvalue weighted by Crippen LogP contribution is 2.38. The van der Waals surface area contributed by atoms with E-state index in [2.05, 4.69) is 45.1 Å². The van der Waals surface area contributed by atoms with Crippen molar-refractivity contribution in [1.29, 1.82) is 0 Å². The van der Waals surface area contributed by atoms with Gasteiger partial charge in [0.2, 0.25) is 5.91 Å². The molecule has 1 aliphatic heterocycles. The Bertz CT molecular complexity index is 748. The number of likely N-dealkylation sites (tertiary alicyclic amines) is 1. The van der Waals surface area contributed by atoms with Gasteiger partial charge >= 0.3 is 0 Å². The third-order valence-electron chi connectivity index (χ3n) is 5.41. The highest BCUT2D eigenvalue weighted by Gasteiger charge is 2.29. The van der Waals surface area contributed by atoms with Crippen molar-refractivity contribution in [2.45, 2.75) is 50.2 Å². The van der Waals surface area contributed by atoms with Crippen LogP contribution in [-0.2, 0) is 11.2 Å². The molecule has 0 unspecified atom stereocenters. The Kier molecular flexibility index (Phi) is 5.29. The second-order valence-electron chi connectivity index (χ2n) is 7.43. The van der Waals surface area contributed by atoms with Gasteiger partial charge in [0.25, 0.3) is 0 Å². The average Bonchev–Trinajstić information content (AvgIpc) is 3.43. The van der Waals surface area contributed by atoms with Crippen LogP contribution in [0.2, 0.25) is 0 Å². The fourth-order valence-electron chi connectivity index (χ4n) is 3.75. The lowest BCUT2D eigenvalue weighted by Crippen LogP contribution is -2.39. The fourth-order valence-corrected chi connectivity index (χ4v) is 4.71. The van der Waals surface area contributed by atoms with Crippen molar-refractivity contribution < 1.29 is 4.79 Å². The molecule has 1 aromatic heterocycles. The summed E-state index contributed by atoms with van der Waals surface area (Å²) < 4.78 is 2.20. The molecule has 4 rings (SSSR count). The first-order valence-electron chi connectivity index (χ1n) is 9.56. The smallest absolute Gasteiger partial charge is 0.233 e. The van der Waals surface area contributed by atoms with Crippen molar-refractivity contribution in [1.82, 2.24) is 19.7 Å². The zero-order chi connectivity index (χ0) is 17.9. The molecular weight excluding hydrogens is 344 g/mol. The number of hydrogen-bond donors (Lipinski definition) is 0. The monoisotopic (exact) mass is 370 g/mol. The van der Waals surface area contributed by atoms with Gasteiger partial charge in [0, 0.05) is 19.1 Å². The number of amides is 1. The molecule has 1 aromatic carbocycles. The molecule has 6 heteroatoms. The highest BCUT2D eigenvalue weighted by atomic mass is 32.2. The Labute approximate surface area is 159 Å². The summed E-state index contributed by atoms with van der Waals surface area (Å²) in [5.41, 5.74) is 1.41. The summed E-state index contributed by atoms with van der Waals surface area (Å²) in [7, 11) is 0. The molecule has 1 saturated heterocycles. The van der Waals surface area contributed by atoms with E-state index in [0.717, 1.165) is 43.3 Å². The van der Waals surface area contributed by atoms with E-state index in [9.17, 15) is 4.79 Å². The number of nitrogens with zero attached hydrogens (tertiary/aromatic N) is 4. The predicted molar refractivity (Wildman–Crippen MR) is 103 cm³/mol. The predicted octanol–water partition coefficient (Wildman–Crippen LogP) is 3.49. The number of thioether (sulfide) groups is 1. The molecule has 0 bridgehead atoms. The van der Waals surface area contributed by atoms with Crippen LogP contribution >= 0.6 is 11.8 Å². The normalized spacial score (nSPS) is 18.3. The van der Waals surface area contributed by atoms with Gasteiger partial charge in [0.1, 0.15) is 5.82 Å². The third kappa shape index (κ3) is 4.11. The molecule has 1 amide bonds. The van der Waals surface area contributed by atoms with E-state index < -0.39 is 0 Å². The van der Waals surface area contributed by atoms with Gasteiger partial charge in [-0.25, -0.2) is 0 Å². The standard InChI is InChI=1S/C20H26N4OS/c1-15-21-22-20(24(15)18-7-8-18)26-14-19(25)23-11-9-17(10-12-23)13-16-5-3-2-4-6-16/h2-6,17-18H,7-14H2,1H3. The quantitative estimate of drug-likeness (QED) is 0.731. The number of aromatic nitrogens is 3. The Morgan fingerprint density at radius 1 is 1.12 bits per heavy atom. The van der Waals surface area contributed by atoms with Crippen molar-refractivity contribution >= 4 is 17.7 Å². The first-order valence-corrected chi connectivity index (χ1v) is 10.6. The lowest BCUT2D eigenvalue weighted by Gasteiger charge is -2.32. The third-order valence-corrected chi connectivity index (χ3v) is 6.33. The summed E-state index contributed by atoms with van der Waals surface area (Å²) in [6.07, 6.45) is 5.73. The Balaban J connectivity index is 1.25. The molecule has 26 heavy (non-hydrogen) atoms. The van der Waals surface area contributed by atoms with Crippen LogP contribution in [0, 0.1) is 12.8 Å². The summed E-state index contributed by atoms with van der Waals surface area (Å²) in [6, 6.07) is 11.2. The SMILES string of the molecule is Cc1nnc(SCC(=O)N2CCC(Cc3ccccc3)CC2)n1C1CC1. The second-order valence-corrected chi connectivity index (χ2v) is 8.38. The van der Waals surface area contributed by atoms with E-state index in [0.29, 0.717) is 17.7 Å². The van der Waals surface area contributed by atoms with Gasteiger partial charge in [0.15, 0.2) is 5.16 Å². The lowest BCUT2D eigenvalue weighted by molar-refractivity contribution is -0.129. The number of carbonyl (C=O) groups excluding carboxylic acids is 1. The molecule has 2 aromatic rings. The minimum atomic E-state index is 0.233. The molecule has 0 spiro atoms. The topological polar surface area (TPSA) is 51.0 Å². The molecule has 0 radical (unpaired) electrons. The molecule has 2 fully saturated rings. The van der Waals surface area contributed by atoms with Gasteiger partial charge in [-0.3, -0.25) is 4.79 Å². The molecule has 0 N–H and O–H groups in total. The summed E-state index contributed by atoms with van der Waals surface area (Å²) in [5, 5.41) is 9.34. The van der Waals surface area contributed by atoms with Crippen LogP contribution in [-0.4, -0.2) is 44.4 Å². The van der Waals surface area contributed by atoms with Crippen molar-refractivity contribution in [2.24, 2.45) is 5.92 Å². The molecule has 0 atom stereocenters. The maximum Gasteiger partial charge on any atom is 0.233 e. The van der Waals surface area contributed by atoms with E-state index in [4.69, 9.17) is 0 Å². The Hall–Kier alpha value is -1.82. The first-order chi connectivity index (χ1) is 12.7. The number of aryl methyl sites for hydroxylation is 1. The van der Waals surface area contributed by atoms with Gasteiger partial charge in [-0.05, 0) is 50.5 Å². The molecule has 1 saturated carbocycles. The summed E-state index contributed by atoms with van der Waals surface area (Å²) in [4.78, 5) is 14.6. The number of carbonyl (C=O) groups is 1. The Morgan fingerprint density at radius 2 is 1.85 bits per heavy atom. The number of benzene rings is 1. The van der Waals surface area contributed by atoms with E-state index in [-0.39, 0.29) is 5.91 Å². The van der Waals surface area contributed by atoms with Crippen molar-refractivity contribution in [3.63, 3.8) is 0 Å². The van der Waals surface area contributed by atoms with E-state index in [1.165, 1.54) is 30.2 Å². The van der Waals surface area contributed by atoms with Crippen LogP contribution in [0.4, 0.5) is 0 Å². The van der Waals surface area contributed by atoms with Gasteiger partial charge in [-0.15, -0.1) is 10.2 Å². The molecule has 1 aliphatic carbocycles. The highest BCUT2D eigenvalue weighted by molar-refractivity contribution is 7.99. The largest absolute Gasteiger partial charge is 0.342 e. The van der Waals surface area contributed by atoms with Crippen LogP contribution < -0.4 is 0 Å². The van der Waals surface area contributed by atoms with Crippen molar-refractivity contribution in [2.75, 3.05) is 18.8 Å². The second kappa shape index (κ2) is 7.82. The van der Waals surface area contributed by atoms with E-state index in [1.54, 1.807) is 0 Å². The summed E-state index contributed by atoms with van der Waals surface area (Å²) >= 11 is 1.54. The van der Waals surface area contributed by atoms with Crippen LogP contribution in [0.1, 0.15) is 43.1 Å². The summed E-state index contributed by atoms with van der Waals surface area (Å²) in [6.45, 7) is 3.76. The zero-order valence-corrected chi connectivity index (χ0v) is 16.1.